The van der Waals surface area contributed by atoms with Gasteiger partial charge in [-0.25, -0.2) is 9.67 Å². The van der Waals surface area contributed by atoms with E-state index in [4.69, 9.17) is 0 Å². The molecule has 26 heavy (non-hydrogen) atoms. The van der Waals surface area contributed by atoms with E-state index in [9.17, 15) is 9.59 Å². The third-order valence-electron chi connectivity index (χ3n) is 3.62. The molecule has 2 amide bonds. The molecule has 0 bridgehead atoms. The van der Waals surface area contributed by atoms with E-state index in [1.165, 1.54) is 22.6 Å². The van der Waals surface area contributed by atoms with Crippen molar-refractivity contribution in [3.63, 3.8) is 0 Å². The maximum Gasteiger partial charge on any atom is 0.264 e. The van der Waals surface area contributed by atoms with E-state index in [1.807, 2.05) is 30.3 Å². The molecule has 7 nitrogen and oxygen atoms in total. The number of nitrogens with zero attached hydrogens (tertiary/aromatic N) is 4. The summed E-state index contributed by atoms with van der Waals surface area (Å²) in [7, 11) is 1.61. The van der Waals surface area contributed by atoms with E-state index in [0.29, 0.717) is 11.4 Å². The second-order valence-corrected chi connectivity index (χ2v) is 8.01. The number of carbonyl (C=O) groups excluding carboxylic acids is 2. The van der Waals surface area contributed by atoms with Crippen LogP contribution in [0.25, 0.3) is 5.69 Å². The summed E-state index contributed by atoms with van der Waals surface area (Å²) in [6, 6.07) is 11.2. The summed E-state index contributed by atoms with van der Waals surface area (Å²) in [5.41, 5.74) is 1.85. The lowest BCUT2D eigenvalue weighted by atomic mass is 10.2. The Morgan fingerprint density at radius 2 is 2.00 bits per heavy atom. The van der Waals surface area contributed by atoms with Gasteiger partial charge in [-0.1, -0.05) is 12.1 Å². The Hall–Kier alpha value is -2.52. The zero-order chi connectivity index (χ0) is 18.5. The Morgan fingerprint density at radius 1 is 1.23 bits per heavy atom. The van der Waals surface area contributed by atoms with Gasteiger partial charge in [0.25, 0.3) is 5.91 Å². The van der Waals surface area contributed by atoms with Crippen molar-refractivity contribution in [1.82, 2.24) is 25.0 Å². The Balaban J connectivity index is 1.50. The fourth-order valence-corrected chi connectivity index (χ4v) is 3.65. The molecule has 0 aliphatic heterocycles. The molecule has 134 valence electrons. The molecule has 0 spiro atoms. The van der Waals surface area contributed by atoms with Gasteiger partial charge in [0.05, 0.1) is 20.9 Å². The standard InChI is InChI=1S/C17H16BrN5O2S/c1-22(17(25)14-6-7-15(18)26-14)9-16(24)20-8-12-2-4-13(5-3-12)23-11-19-10-21-23/h2-7,10-11H,8-9H2,1H3,(H,20,24). The van der Waals surface area contributed by atoms with Crippen LogP contribution in [0.3, 0.4) is 0 Å². The molecule has 2 heterocycles. The van der Waals surface area contributed by atoms with Crippen LogP contribution in [0.5, 0.6) is 0 Å². The lowest BCUT2D eigenvalue weighted by Gasteiger charge is -2.16. The Bertz CT molecular complexity index is 892. The van der Waals surface area contributed by atoms with Crippen LogP contribution >= 0.6 is 27.3 Å². The number of hydrogen-bond donors (Lipinski definition) is 1. The zero-order valence-corrected chi connectivity index (χ0v) is 16.3. The van der Waals surface area contributed by atoms with Gasteiger partial charge < -0.3 is 10.2 Å². The quantitative estimate of drug-likeness (QED) is 0.647. The topological polar surface area (TPSA) is 80.1 Å². The fourth-order valence-electron chi connectivity index (χ4n) is 2.27. The van der Waals surface area contributed by atoms with Crippen LogP contribution in [0.2, 0.25) is 0 Å². The highest BCUT2D eigenvalue weighted by atomic mass is 79.9. The summed E-state index contributed by atoms with van der Waals surface area (Å²) in [6.07, 6.45) is 3.09. The molecule has 0 atom stereocenters. The molecular formula is C17H16BrN5O2S. The molecule has 0 saturated heterocycles. The van der Waals surface area contributed by atoms with Crippen molar-refractivity contribution in [2.45, 2.75) is 6.54 Å². The molecule has 9 heteroatoms. The minimum atomic E-state index is -0.211. The first-order valence-corrected chi connectivity index (χ1v) is 9.35. The molecule has 0 aliphatic carbocycles. The number of hydrogen-bond acceptors (Lipinski definition) is 5. The monoisotopic (exact) mass is 433 g/mol. The van der Waals surface area contributed by atoms with E-state index in [1.54, 1.807) is 24.1 Å². The highest BCUT2D eigenvalue weighted by Gasteiger charge is 2.16. The first-order valence-electron chi connectivity index (χ1n) is 7.74. The summed E-state index contributed by atoms with van der Waals surface area (Å²) in [5, 5.41) is 6.88. The normalized spacial score (nSPS) is 10.5. The first-order chi connectivity index (χ1) is 12.5. The number of benzene rings is 1. The van der Waals surface area contributed by atoms with Crippen LogP contribution in [0.15, 0.2) is 52.8 Å². The second-order valence-electron chi connectivity index (χ2n) is 5.55. The van der Waals surface area contributed by atoms with Gasteiger partial charge in [-0.3, -0.25) is 9.59 Å². The van der Waals surface area contributed by atoms with Crippen molar-refractivity contribution >= 4 is 39.1 Å². The molecule has 1 aromatic carbocycles. The highest BCUT2D eigenvalue weighted by molar-refractivity contribution is 9.11. The van der Waals surface area contributed by atoms with Crippen molar-refractivity contribution in [3.05, 3.63) is 63.3 Å². The largest absolute Gasteiger partial charge is 0.350 e. The lowest BCUT2D eigenvalue weighted by Crippen LogP contribution is -2.37. The summed E-state index contributed by atoms with van der Waals surface area (Å²) < 4.78 is 2.54. The van der Waals surface area contributed by atoms with Crippen molar-refractivity contribution in [2.75, 3.05) is 13.6 Å². The number of halogens is 1. The Morgan fingerprint density at radius 3 is 2.62 bits per heavy atom. The van der Waals surface area contributed by atoms with Gasteiger partial charge in [0.15, 0.2) is 0 Å². The number of nitrogens with one attached hydrogen (secondary N) is 1. The van der Waals surface area contributed by atoms with Crippen molar-refractivity contribution in [3.8, 4) is 5.69 Å². The smallest absolute Gasteiger partial charge is 0.264 e. The average molecular weight is 434 g/mol. The number of thiophene rings is 1. The Kier molecular flexibility index (Phi) is 5.79. The summed E-state index contributed by atoms with van der Waals surface area (Å²) in [6.45, 7) is 0.397. The van der Waals surface area contributed by atoms with Crippen LogP contribution < -0.4 is 5.32 Å². The molecule has 0 saturated carbocycles. The molecule has 0 unspecified atom stereocenters. The number of amides is 2. The van der Waals surface area contributed by atoms with Gasteiger partial charge in [-0.15, -0.1) is 11.3 Å². The predicted octanol–water partition coefficient (Wildman–Crippen LogP) is 2.48. The average Bonchev–Trinajstić information content (AvgIpc) is 3.31. The van der Waals surface area contributed by atoms with Gasteiger partial charge >= 0.3 is 0 Å². The lowest BCUT2D eigenvalue weighted by molar-refractivity contribution is -0.121. The van der Waals surface area contributed by atoms with E-state index in [2.05, 4.69) is 31.3 Å². The van der Waals surface area contributed by atoms with Crippen LogP contribution in [0.4, 0.5) is 0 Å². The molecule has 0 aliphatic rings. The minimum absolute atomic E-state index is 0.00535. The van der Waals surface area contributed by atoms with Crippen LogP contribution in [0, 0.1) is 0 Å². The van der Waals surface area contributed by atoms with Gasteiger partial charge in [-0.2, -0.15) is 5.10 Å². The molecule has 0 radical (unpaired) electrons. The summed E-state index contributed by atoms with van der Waals surface area (Å²) >= 11 is 4.67. The van der Waals surface area contributed by atoms with E-state index in [-0.39, 0.29) is 18.4 Å². The van der Waals surface area contributed by atoms with Gasteiger partial charge in [0, 0.05) is 13.6 Å². The van der Waals surface area contributed by atoms with Crippen molar-refractivity contribution in [1.29, 1.82) is 0 Å². The maximum atomic E-state index is 12.2. The summed E-state index contributed by atoms with van der Waals surface area (Å²) in [5.74, 6) is -0.384. The Labute approximate surface area is 162 Å². The third-order valence-corrected chi connectivity index (χ3v) is 5.23. The van der Waals surface area contributed by atoms with Gasteiger partial charge in [0.1, 0.15) is 12.7 Å². The number of rotatable bonds is 6. The SMILES string of the molecule is CN(CC(=O)NCc1ccc(-n2cncn2)cc1)C(=O)c1ccc(Br)s1. The van der Waals surface area contributed by atoms with Crippen LogP contribution in [-0.4, -0.2) is 45.1 Å². The molecule has 2 aromatic heterocycles. The zero-order valence-electron chi connectivity index (χ0n) is 13.9. The number of aromatic nitrogens is 3. The fraction of sp³-hybridized carbons (Fsp3) is 0.176. The number of carbonyl (C=O) groups is 2. The second kappa shape index (κ2) is 8.24. The molecule has 1 N–H and O–H groups in total. The molecule has 0 fully saturated rings. The van der Waals surface area contributed by atoms with Gasteiger partial charge in [-0.05, 0) is 45.8 Å². The number of likely N-dealkylation sites (N-methyl/N-ethyl adjacent to an activating group) is 1. The third kappa shape index (κ3) is 4.55. The minimum Gasteiger partial charge on any atom is -0.350 e. The predicted molar refractivity (Wildman–Crippen MR) is 102 cm³/mol. The highest BCUT2D eigenvalue weighted by Crippen LogP contribution is 2.22. The van der Waals surface area contributed by atoms with Crippen molar-refractivity contribution < 1.29 is 9.59 Å². The maximum absolute atomic E-state index is 12.2. The van der Waals surface area contributed by atoms with E-state index < -0.39 is 0 Å². The molecule has 3 aromatic rings. The summed E-state index contributed by atoms with van der Waals surface area (Å²) in [4.78, 5) is 30.2. The first kappa shape index (κ1) is 18.3. The van der Waals surface area contributed by atoms with Crippen LogP contribution in [-0.2, 0) is 11.3 Å². The van der Waals surface area contributed by atoms with E-state index in [0.717, 1.165) is 15.0 Å². The molecule has 3 rings (SSSR count). The van der Waals surface area contributed by atoms with E-state index >= 15 is 0 Å². The van der Waals surface area contributed by atoms with Crippen LogP contribution in [0.1, 0.15) is 15.2 Å². The van der Waals surface area contributed by atoms with Gasteiger partial charge in [0.2, 0.25) is 5.91 Å². The van der Waals surface area contributed by atoms with Crippen molar-refractivity contribution in [2.24, 2.45) is 0 Å². The molecular weight excluding hydrogens is 418 g/mol.